The zero-order valence-electron chi connectivity index (χ0n) is 14.8. The lowest BCUT2D eigenvalue weighted by Crippen LogP contribution is -2.14. The molecule has 0 saturated carbocycles. The largest absolute Gasteiger partial charge is 0.339 e. The highest BCUT2D eigenvalue weighted by Crippen LogP contribution is 2.21. The molecule has 6 heteroatoms. The molecule has 2 aromatic carbocycles. The van der Waals surface area contributed by atoms with Gasteiger partial charge in [0.15, 0.2) is 0 Å². The molecule has 0 aliphatic carbocycles. The summed E-state index contributed by atoms with van der Waals surface area (Å²) in [4.78, 5) is 20.7. The first-order valence-corrected chi connectivity index (χ1v) is 8.54. The van der Waals surface area contributed by atoms with Gasteiger partial charge < -0.3 is 10.6 Å². The zero-order chi connectivity index (χ0) is 18.7. The van der Waals surface area contributed by atoms with Gasteiger partial charge in [0.25, 0.3) is 5.91 Å². The van der Waals surface area contributed by atoms with Crippen molar-refractivity contribution in [3.63, 3.8) is 0 Å². The molecule has 0 aliphatic heterocycles. The second-order valence-electron chi connectivity index (χ2n) is 6.13. The van der Waals surface area contributed by atoms with Crippen LogP contribution < -0.4 is 10.6 Å². The Morgan fingerprint density at radius 3 is 2.27 bits per heavy atom. The summed E-state index contributed by atoms with van der Waals surface area (Å²) in [6.45, 7) is 6.02. The quantitative estimate of drug-likeness (QED) is 0.678. The predicted molar refractivity (Wildman–Crippen MR) is 105 cm³/mol. The lowest BCUT2D eigenvalue weighted by atomic mass is 10.1. The molecule has 0 bridgehead atoms. The standard InChI is InChI=1S/C20H19ClN4O/c1-12-4-6-15(8-14(12)3)24-19-11-22-18(10-23-19)20(26)25-16-7-5-13(2)17(21)9-16/h4-11H,1-3H3,(H,23,24)(H,25,26). The molecule has 0 aliphatic rings. The Bertz CT molecular complexity index is 955. The Morgan fingerprint density at radius 1 is 0.885 bits per heavy atom. The summed E-state index contributed by atoms with van der Waals surface area (Å²) in [5.41, 5.74) is 5.14. The number of hydrogen-bond acceptors (Lipinski definition) is 4. The average molecular weight is 367 g/mol. The third-order valence-corrected chi connectivity index (χ3v) is 4.50. The molecule has 0 saturated heterocycles. The van der Waals surface area contributed by atoms with E-state index in [2.05, 4.69) is 34.4 Å². The minimum Gasteiger partial charge on any atom is -0.339 e. The summed E-state index contributed by atoms with van der Waals surface area (Å²) in [5.74, 6) is 0.235. The summed E-state index contributed by atoms with van der Waals surface area (Å²) >= 11 is 6.07. The molecule has 0 radical (unpaired) electrons. The van der Waals surface area contributed by atoms with Crippen molar-refractivity contribution in [2.75, 3.05) is 10.6 Å². The van der Waals surface area contributed by atoms with Gasteiger partial charge in [0.1, 0.15) is 11.5 Å². The van der Waals surface area contributed by atoms with Crippen LogP contribution >= 0.6 is 11.6 Å². The number of benzene rings is 2. The van der Waals surface area contributed by atoms with Gasteiger partial charge in [-0.2, -0.15) is 0 Å². The van der Waals surface area contributed by atoms with Crippen molar-refractivity contribution in [1.29, 1.82) is 0 Å². The summed E-state index contributed by atoms with van der Waals surface area (Å²) < 4.78 is 0. The van der Waals surface area contributed by atoms with Crippen molar-refractivity contribution >= 4 is 34.7 Å². The number of rotatable bonds is 4. The molecule has 0 fully saturated rings. The van der Waals surface area contributed by atoms with E-state index in [4.69, 9.17) is 11.6 Å². The van der Waals surface area contributed by atoms with Crippen LogP contribution in [0.3, 0.4) is 0 Å². The molecule has 0 spiro atoms. The highest BCUT2D eigenvalue weighted by Gasteiger charge is 2.09. The number of nitrogens with zero attached hydrogens (tertiary/aromatic N) is 2. The fraction of sp³-hybridized carbons (Fsp3) is 0.150. The normalized spacial score (nSPS) is 10.5. The van der Waals surface area contributed by atoms with E-state index < -0.39 is 0 Å². The van der Waals surface area contributed by atoms with Crippen LogP contribution in [0, 0.1) is 20.8 Å². The first-order chi connectivity index (χ1) is 12.4. The molecule has 1 aromatic heterocycles. The van der Waals surface area contributed by atoms with Gasteiger partial charge in [-0.05, 0) is 61.7 Å². The number of carbonyl (C=O) groups is 1. The molecule has 0 atom stereocenters. The Morgan fingerprint density at radius 2 is 1.62 bits per heavy atom. The number of halogens is 1. The fourth-order valence-corrected chi connectivity index (χ4v) is 2.52. The number of nitrogens with one attached hydrogen (secondary N) is 2. The molecule has 1 amide bonds. The monoisotopic (exact) mass is 366 g/mol. The van der Waals surface area contributed by atoms with Crippen molar-refractivity contribution in [3.8, 4) is 0 Å². The fourth-order valence-electron chi connectivity index (χ4n) is 2.34. The number of amides is 1. The van der Waals surface area contributed by atoms with E-state index in [1.807, 2.05) is 31.2 Å². The average Bonchev–Trinajstić information content (AvgIpc) is 2.62. The number of aryl methyl sites for hydroxylation is 3. The van der Waals surface area contributed by atoms with E-state index in [0.717, 1.165) is 11.3 Å². The summed E-state index contributed by atoms with van der Waals surface area (Å²) in [6, 6.07) is 11.4. The molecule has 0 unspecified atom stereocenters. The smallest absolute Gasteiger partial charge is 0.275 e. The van der Waals surface area contributed by atoms with Gasteiger partial charge >= 0.3 is 0 Å². The molecular formula is C20H19ClN4O. The number of aromatic nitrogens is 2. The SMILES string of the molecule is Cc1ccc(Nc2cnc(C(=O)Nc3ccc(C)c(Cl)c3)cn2)cc1C. The minimum atomic E-state index is -0.338. The molecule has 132 valence electrons. The van der Waals surface area contributed by atoms with E-state index in [1.165, 1.54) is 23.5 Å². The molecule has 3 aromatic rings. The summed E-state index contributed by atoms with van der Waals surface area (Å²) in [7, 11) is 0. The van der Waals surface area contributed by atoms with E-state index in [-0.39, 0.29) is 11.6 Å². The van der Waals surface area contributed by atoms with Crippen molar-refractivity contribution in [2.24, 2.45) is 0 Å². The van der Waals surface area contributed by atoms with Crippen LogP contribution in [-0.4, -0.2) is 15.9 Å². The van der Waals surface area contributed by atoms with Gasteiger partial charge in [0.2, 0.25) is 0 Å². The highest BCUT2D eigenvalue weighted by atomic mass is 35.5. The van der Waals surface area contributed by atoms with Gasteiger partial charge in [-0.1, -0.05) is 23.7 Å². The maximum atomic E-state index is 12.3. The predicted octanol–water partition coefficient (Wildman–Crippen LogP) is 5.05. The Hall–Kier alpha value is -2.92. The first kappa shape index (κ1) is 17.9. The molecule has 1 heterocycles. The summed E-state index contributed by atoms with van der Waals surface area (Å²) in [6.07, 6.45) is 2.97. The summed E-state index contributed by atoms with van der Waals surface area (Å²) in [5, 5.41) is 6.54. The molecule has 26 heavy (non-hydrogen) atoms. The van der Waals surface area contributed by atoms with Crippen LogP contribution in [0.2, 0.25) is 5.02 Å². The van der Waals surface area contributed by atoms with Crippen LogP contribution in [0.25, 0.3) is 0 Å². The maximum Gasteiger partial charge on any atom is 0.275 e. The van der Waals surface area contributed by atoms with Gasteiger partial charge in [-0.3, -0.25) is 4.79 Å². The second-order valence-corrected chi connectivity index (χ2v) is 6.54. The van der Waals surface area contributed by atoms with Crippen molar-refractivity contribution in [2.45, 2.75) is 20.8 Å². The molecule has 2 N–H and O–H groups in total. The van der Waals surface area contributed by atoms with Crippen LogP contribution in [0.1, 0.15) is 27.2 Å². The maximum absolute atomic E-state index is 12.3. The number of anilines is 3. The molecular weight excluding hydrogens is 348 g/mol. The Balaban J connectivity index is 1.69. The van der Waals surface area contributed by atoms with Gasteiger partial charge in [-0.25, -0.2) is 9.97 Å². The number of carbonyl (C=O) groups excluding carboxylic acids is 1. The lowest BCUT2D eigenvalue weighted by molar-refractivity contribution is 0.102. The molecule has 5 nitrogen and oxygen atoms in total. The van der Waals surface area contributed by atoms with E-state index in [0.29, 0.717) is 16.5 Å². The third kappa shape index (κ3) is 4.18. The van der Waals surface area contributed by atoms with Crippen LogP contribution in [0.5, 0.6) is 0 Å². The van der Waals surface area contributed by atoms with Crippen molar-refractivity contribution < 1.29 is 4.79 Å². The van der Waals surface area contributed by atoms with E-state index in [1.54, 1.807) is 12.1 Å². The van der Waals surface area contributed by atoms with Gasteiger partial charge in [-0.15, -0.1) is 0 Å². The van der Waals surface area contributed by atoms with E-state index in [9.17, 15) is 4.79 Å². The van der Waals surface area contributed by atoms with Crippen molar-refractivity contribution in [1.82, 2.24) is 9.97 Å². The van der Waals surface area contributed by atoms with Crippen LogP contribution in [-0.2, 0) is 0 Å². The van der Waals surface area contributed by atoms with Gasteiger partial charge in [0, 0.05) is 16.4 Å². The first-order valence-electron chi connectivity index (χ1n) is 8.16. The van der Waals surface area contributed by atoms with Crippen molar-refractivity contribution in [3.05, 3.63) is 76.2 Å². The number of hydrogen-bond donors (Lipinski definition) is 2. The minimum absolute atomic E-state index is 0.229. The Labute approximate surface area is 157 Å². The van der Waals surface area contributed by atoms with Gasteiger partial charge in [0.05, 0.1) is 12.4 Å². The zero-order valence-corrected chi connectivity index (χ0v) is 15.6. The van der Waals surface area contributed by atoms with Crippen LogP contribution in [0.15, 0.2) is 48.8 Å². The van der Waals surface area contributed by atoms with Crippen LogP contribution in [0.4, 0.5) is 17.2 Å². The van der Waals surface area contributed by atoms with E-state index >= 15 is 0 Å². The topological polar surface area (TPSA) is 66.9 Å². The highest BCUT2D eigenvalue weighted by molar-refractivity contribution is 6.31. The third-order valence-electron chi connectivity index (χ3n) is 4.09. The molecule has 3 rings (SSSR count). The Kier molecular flexibility index (Phi) is 5.19. The second kappa shape index (κ2) is 7.54. The lowest BCUT2D eigenvalue weighted by Gasteiger charge is -2.09.